The lowest BCUT2D eigenvalue weighted by atomic mass is 10.0. The fourth-order valence-corrected chi connectivity index (χ4v) is 6.88. The topological polar surface area (TPSA) is 84.6 Å². The quantitative estimate of drug-likeness (QED) is 0.171. The average Bonchev–Trinajstić information content (AvgIpc) is 3.53. The van der Waals surface area contributed by atoms with Gasteiger partial charge < -0.3 is 15.0 Å². The molecule has 254 valence electrons. The van der Waals surface area contributed by atoms with Gasteiger partial charge in [-0.2, -0.15) is 4.99 Å². The second-order valence-electron chi connectivity index (χ2n) is 12.1. The smallest absolute Gasteiger partial charge is 0.406 e. The fraction of sp³-hybridized carbons (Fsp3) is 0.389. The molecule has 2 amide bonds. The van der Waals surface area contributed by atoms with Crippen LogP contribution in [-0.4, -0.2) is 50.2 Å². The van der Waals surface area contributed by atoms with Crippen LogP contribution < -0.4 is 15.0 Å². The van der Waals surface area contributed by atoms with Crippen LogP contribution in [0.5, 0.6) is 5.75 Å². The van der Waals surface area contributed by atoms with Gasteiger partial charge in [0.15, 0.2) is 11.0 Å². The number of ether oxygens (including phenoxy) is 1. The SMILES string of the molecule is CCCc1ccc(C)cc1N1/C(=N/C(=O)NC(C)CCCc2ccc(-c3ncn(-c4ccc(OC(F)(F)F)cc4)n3)cc2)SCCC1C. The molecule has 2 unspecified atom stereocenters. The van der Waals surface area contributed by atoms with Gasteiger partial charge in [0.1, 0.15) is 12.1 Å². The molecule has 5 rings (SSSR count). The van der Waals surface area contributed by atoms with Crippen LogP contribution in [0.25, 0.3) is 17.1 Å². The van der Waals surface area contributed by atoms with Gasteiger partial charge in [-0.1, -0.05) is 61.5 Å². The minimum atomic E-state index is -4.74. The Morgan fingerprint density at radius 1 is 1.10 bits per heavy atom. The number of benzene rings is 3. The third-order valence-electron chi connectivity index (χ3n) is 8.14. The van der Waals surface area contributed by atoms with Crippen molar-refractivity contribution < 1.29 is 22.7 Å². The first kappa shape index (κ1) is 35.0. The summed E-state index contributed by atoms with van der Waals surface area (Å²) in [5.74, 6) is 1.14. The molecule has 1 fully saturated rings. The molecule has 1 aliphatic rings. The van der Waals surface area contributed by atoms with E-state index in [4.69, 9.17) is 0 Å². The summed E-state index contributed by atoms with van der Waals surface area (Å²) in [6.07, 6.45) is 2.38. The third-order valence-corrected chi connectivity index (χ3v) is 9.13. The number of hydrogen-bond donors (Lipinski definition) is 1. The number of thioether (sulfide) groups is 1. The van der Waals surface area contributed by atoms with Crippen LogP contribution in [0.15, 0.2) is 78.0 Å². The van der Waals surface area contributed by atoms with Crippen molar-refractivity contribution in [3.05, 3.63) is 89.7 Å². The van der Waals surface area contributed by atoms with Crippen molar-refractivity contribution >= 4 is 28.6 Å². The predicted molar refractivity (Wildman–Crippen MR) is 186 cm³/mol. The van der Waals surface area contributed by atoms with Gasteiger partial charge in [-0.25, -0.2) is 14.5 Å². The minimum absolute atomic E-state index is 0.0301. The first-order valence-electron chi connectivity index (χ1n) is 16.3. The van der Waals surface area contributed by atoms with Crippen LogP contribution in [-0.2, 0) is 12.8 Å². The maximum atomic E-state index is 13.0. The number of aryl methyl sites for hydroxylation is 3. The Labute approximate surface area is 283 Å². The van der Waals surface area contributed by atoms with E-state index in [1.54, 1.807) is 11.8 Å². The zero-order valence-electron chi connectivity index (χ0n) is 27.6. The van der Waals surface area contributed by atoms with Gasteiger partial charge >= 0.3 is 12.4 Å². The second-order valence-corrected chi connectivity index (χ2v) is 13.2. The number of hydrogen-bond acceptors (Lipinski definition) is 5. The molecule has 3 aromatic carbocycles. The summed E-state index contributed by atoms with van der Waals surface area (Å²) in [7, 11) is 0. The Bertz CT molecular complexity index is 1710. The molecule has 1 aliphatic heterocycles. The van der Waals surface area contributed by atoms with Gasteiger partial charge in [0.2, 0.25) is 0 Å². The second kappa shape index (κ2) is 15.7. The number of alkyl halides is 3. The number of nitrogens with one attached hydrogen (secondary N) is 1. The van der Waals surface area contributed by atoms with Crippen LogP contribution in [0.2, 0.25) is 0 Å². The first-order chi connectivity index (χ1) is 23.0. The number of carbonyl (C=O) groups is 1. The maximum absolute atomic E-state index is 13.0. The third kappa shape index (κ3) is 9.40. The Kier molecular flexibility index (Phi) is 11.5. The van der Waals surface area contributed by atoms with Crippen LogP contribution in [0.4, 0.5) is 23.7 Å². The average molecular weight is 679 g/mol. The normalized spacial score (nSPS) is 16.6. The van der Waals surface area contributed by atoms with Crippen molar-refractivity contribution in [1.82, 2.24) is 20.1 Å². The lowest BCUT2D eigenvalue weighted by molar-refractivity contribution is -0.274. The Balaban J connectivity index is 1.13. The standard InChI is InChI=1S/C36H41F3N6O2S/c1-5-7-28-13-10-24(2)22-32(28)45-26(4)20-21-48-35(45)42-34(46)41-25(3)8-6-9-27-11-14-29(15-12-27)33-40-23-44(43-33)30-16-18-31(19-17-30)47-36(37,38)39/h10-19,22-23,25-26H,5-9,20-21H2,1-4H3,(H,41,46)/b42-35-. The Morgan fingerprint density at radius 3 is 2.56 bits per heavy atom. The van der Waals surface area contributed by atoms with Gasteiger partial charge in [-0.3, -0.25) is 0 Å². The number of nitrogens with zero attached hydrogens (tertiary/aromatic N) is 5. The summed E-state index contributed by atoms with van der Waals surface area (Å²) in [5, 5.41) is 8.30. The van der Waals surface area contributed by atoms with Crippen molar-refractivity contribution in [3.63, 3.8) is 0 Å². The van der Waals surface area contributed by atoms with E-state index in [-0.39, 0.29) is 23.9 Å². The summed E-state index contributed by atoms with van der Waals surface area (Å²) in [6.45, 7) is 8.49. The summed E-state index contributed by atoms with van der Waals surface area (Å²) in [6, 6.07) is 19.9. The monoisotopic (exact) mass is 678 g/mol. The van der Waals surface area contributed by atoms with E-state index in [0.29, 0.717) is 11.5 Å². The number of rotatable bonds is 11. The molecule has 1 saturated heterocycles. The highest BCUT2D eigenvalue weighted by molar-refractivity contribution is 8.14. The molecule has 0 bridgehead atoms. The molecule has 48 heavy (non-hydrogen) atoms. The summed E-state index contributed by atoms with van der Waals surface area (Å²) < 4.78 is 42.7. The molecule has 0 saturated carbocycles. The number of amides is 2. The van der Waals surface area contributed by atoms with E-state index in [9.17, 15) is 18.0 Å². The van der Waals surface area contributed by atoms with Gasteiger partial charge in [0, 0.05) is 29.1 Å². The molecular formula is C36H41F3N6O2S. The molecule has 0 aliphatic carbocycles. The molecular weight excluding hydrogens is 637 g/mol. The lowest BCUT2D eigenvalue weighted by Crippen LogP contribution is -2.43. The zero-order valence-corrected chi connectivity index (χ0v) is 28.4. The van der Waals surface area contributed by atoms with E-state index in [1.807, 2.05) is 31.2 Å². The molecule has 0 radical (unpaired) electrons. The maximum Gasteiger partial charge on any atom is 0.573 e. The summed E-state index contributed by atoms with van der Waals surface area (Å²) in [5.41, 5.74) is 6.17. The Hall–Kier alpha value is -4.32. The van der Waals surface area contributed by atoms with Gasteiger partial charge in [-0.15, -0.1) is 18.3 Å². The van der Waals surface area contributed by atoms with E-state index in [0.717, 1.165) is 66.3 Å². The molecule has 0 spiro atoms. The zero-order chi connectivity index (χ0) is 34.3. The molecule has 8 nitrogen and oxygen atoms in total. The van der Waals surface area contributed by atoms with Gasteiger partial charge in [-0.05, 0) is 99.9 Å². The molecule has 1 aromatic heterocycles. The summed E-state index contributed by atoms with van der Waals surface area (Å²) >= 11 is 1.64. The number of urea groups is 1. The molecule has 1 N–H and O–H groups in total. The molecule has 4 aromatic rings. The minimum Gasteiger partial charge on any atom is -0.406 e. The van der Waals surface area contributed by atoms with Crippen molar-refractivity contribution in [2.45, 2.75) is 84.7 Å². The number of aliphatic imine (C=N–C) groups is 1. The van der Waals surface area contributed by atoms with E-state index < -0.39 is 6.36 Å². The largest absolute Gasteiger partial charge is 0.573 e. The van der Waals surface area contributed by atoms with Gasteiger partial charge in [0.05, 0.1) is 5.69 Å². The number of amidine groups is 1. The number of halogens is 3. The number of carbonyl (C=O) groups excluding carboxylic acids is 1. The van der Waals surface area contributed by atoms with E-state index >= 15 is 0 Å². The molecule has 12 heteroatoms. The van der Waals surface area contributed by atoms with Crippen molar-refractivity contribution in [3.8, 4) is 22.8 Å². The van der Waals surface area contributed by atoms with Crippen LogP contribution >= 0.6 is 11.8 Å². The molecule has 2 heterocycles. The van der Waals surface area contributed by atoms with Crippen LogP contribution in [0.3, 0.4) is 0 Å². The highest BCUT2D eigenvalue weighted by Crippen LogP contribution is 2.33. The summed E-state index contributed by atoms with van der Waals surface area (Å²) in [4.78, 5) is 24.2. The van der Waals surface area contributed by atoms with Gasteiger partial charge in [0.25, 0.3) is 0 Å². The van der Waals surface area contributed by atoms with E-state index in [2.05, 4.69) is 69.0 Å². The predicted octanol–water partition coefficient (Wildman–Crippen LogP) is 8.90. The highest BCUT2D eigenvalue weighted by atomic mass is 32.2. The van der Waals surface area contributed by atoms with Crippen molar-refractivity contribution in [1.29, 1.82) is 0 Å². The van der Waals surface area contributed by atoms with Crippen LogP contribution in [0, 0.1) is 6.92 Å². The fourth-order valence-electron chi connectivity index (χ4n) is 5.67. The lowest BCUT2D eigenvalue weighted by Gasteiger charge is -2.37. The van der Waals surface area contributed by atoms with Crippen molar-refractivity contribution in [2.75, 3.05) is 10.7 Å². The number of anilines is 1. The van der Waals surface area contributed by atoms with Crippen molar-refractivity contribution in [2.24, 2.45) is 4.99 Å². The number of aromatic nitrogens is 3. The first-order valence-corrected chi connectivity index (χ1v) is 17.3. The Morgan fingerprint density at radius 2 is 1.85 bits per heavy atom. The molecule has 2 atom stereocenters. The van der Waals surface area contributed by atoms with Crippen LogP contribution in [0.1, 0.15) is 63.1 Å². The van der Waals surface area contributed by atoms with E-state index in [1.165, 1.54) is 46.4 Å². The highest BCUT2D eigenvalue weighted by Gasteiger charge is 2.31.